The van der Waals surface area contributed by atoms with Crippen molar-refractivity contribution < 1.29 is 14.4 Å². The van der Waals surface area contributed by atoms with Gasteiger partial charge in [0.25, 0.3) is 11.8 Å². The van der Waals surface area contributed by atoms with Crippen molar-refractivity contribution >= 4 is 17.7 Å². The van der Waals surface area contributed by atoms with Crippen LogP contribution in [0.15, 0.2) is 24.3 Å². The number of benzene rings is 1. The average Bonchev–Trinajstić information content (AvgIpc) is 2.83. The summed E-state index contributed by atoms with van der Waals surface area (Å²) in [6.07, 6.45) is 4.36. The van der Waals surface area contributed by atoms with Crippen molar-refractivity contribution in [2.75, 3.05) is 0 Å². The highest BCUT2D eigenvalue weighted by Gasteiger charge is 2.44. The summed E-state index contributed by atoms with van der Waals surface area (Å²) in [7, 11) is 0. The first-order valence-electron chi connectivity index (χ1n) is 9.19. The molecule has 25 heavy (non-hydrogen) atoms. The normalized spacial score (nSPS) is 24.4. The average molecular weight is 342 g/mol. The van der Waals surface area contributed by atoms with Crippen LogP contribution in [0.1, 0.15) is 67.2 Å². The van der Waals surface area contributed by atoms with Gasteiger partial charge in [-0.1, -0.05) is 45.7 Å². The highest BCUT2D eigenvalue weighted by Crippen LogP contribution is 2.28. The summed E-state index contributed by atoms with van der Waals surface area (Å²) in [6.45, 7) is 5.90. The molecule has 1 saturated carbocycles. The molecule has 5 heteroatoms. The first kappa shape index (κ1) is 17.6. The molecule has 0 spiro atoms. The molecular formula is C20H26N2O3. The topological polar surface area (TPSA) is 66.5 Å². The van der Waals surface area contributed by atoms with Gasteiger partial charge in [0.2, 0.25) is 5.91 Å². The lowest BCUT2D eigenvalue weighted by atomic mass is 9.85. The molecule has 1 aromatic carbocycles. The Morgan fingerprint density at radius 3 is 2.16 bits per heavy atom. The fraction of sp³-hybridized carbons (Fsp3) is 0.550. The van der Waals surface area contributed by atoms with E-state index in [0.717, 1.165) is 24.2 Å². The van der Waals surface area contributed by atoms with Crippen LogP contribution in [0, 0.1) is 11.8 Å². The van der Waals surface area contributed by atoms with Crippen molar-refractivity contribution in [3.05, 3.63) is 35.4 Å². The van der Waals surface area contributed by atoms with Crippen molar-refractivity contribution in [3.8, 4) is 0 Å². The van der Waals surface area contributed by atoms with Gasteiger partial charge in [0.1, 0.15) is 6.04 Å². The molecular weight excluding hydrogens is 316 g/mol. The number of carbonyl (C=O) groups excluding carboxylic acids is 3. The molecule has 134 valence electrons. The Labute approximate surface area is 148 Å². The summed E-state index contributed by atoms with van der Waals surface area (Å²) in [5, 5.41) is 3.11. The Hall–Kier alpha value is -2.17. The monoisotopic (exact) mass is 342 g/mol. The van der Waals surface area contributed by atoms with Gasteiger partial charge in [0.05, 0.1) is 11.1 Å². The summed E-state index contributed by atoms with van der Waals surface area (Å²) >= 11 is 0. The van der Waals surface area contributed by atoms with E-state index in [2.05, 4.69) is 12.2 Å². The lowest BCUT2D eigenvalue weighted by Crippen LogP contribution is -2.55. The number of carbonyl (C=O) groups is 3. The molecule has 5 nitrogen and oxygen atoms in total. The van der Waals surface area contributed by atoms with Crippen LogP contribution in [0.25, 0.3) is 0 Å². The first-order chi connectivity index (χ1) is 11.9. The number of hydrogen-bond acceptors (Lipinski definition) is 3. The third-order valence-corrected chi connectivity index (χ3v) is 5.44. The second-order valence-corrected chi connectivity index (χ2v) is 7.59. The van der Waals surface area contributed by atoms with Crippen LogP contribution in [-0.2, 0) is 4.79 Å². The number of hydrogen-bond donors (Lipinski definition) is 1. The largest absolute Gasteiger partial charge is 0.351 e. The van der Waals surface area contributed by atoms with Crippen LogP contribution in [0.3, 0.4) is 0 Å². The van der Waals surface area contributed by atoms with Crippen molar-refractivity contribution in [3.63, 3.8) is 0 Å². The molecule has 0 radical (unpaired) electrons. The van der Waals surface area contributed by atoms with Crippen molar-refractivity contribution in [1.29, 1.82) is 0 Å². The molecule has 2 aliphatic rings. The Bertz CT molecular complexity index is 663. The zero-order chi connectivity index (χ0) is 18.1. The maximum atomic E-state index is 13.0. The summed E-state index contributed by atoms with van der Waals surface area (Å²) in [5.74, 6) is -0.686. The lowest BCUT2D eigenvalue weighted by Gasteiger charge is -2.34. The maximum Gasteiger partial charge on any atom is 0.262 e. The molecule has 3 rings (SSSR count). The Morgan fingerprint density at radius 1 is 1.08 bits per heavy atom. The van der Waals surface area contributed by atoms with E-state index in [1.54, 1.807) is 24.3 Å². The SMILES string of the molecule is CC(C)C(C(=O)NC1CCCCC1C)N1C(=O)c2ccccc2C1=O. The third-order valence-electron chi connectivity index (χ3n) is 5.44. The molecule has 1 fully saturated rings. The molecule has 3 unspecified atom stereocenters. The highest BCUT2D eigenvalue weighted by atomic mass is 16.2. The van der Waals surface area contributed by atoms with Gasteiger partial charge in [0, 0.05) is 6.04 Å². The Kier molecular flexibility index (Phi) is 4.93. The van der Waals surface area contributed by atoms with Gasteiger partial charge in [-0.3, -0.25) is 19.3 Å². The fourth-order valence-electron chi connectivity index (χ4n) is 3.98. The van der Waals surface area contributed by atoms with E-state index in [-0.39, 0.29) is 29.7 Å². The Balaban J connectivity index is 1.83. The van der Waals surface area contributed by atoms with Crippen LogP contribution >= 0.6 is 0 Å². The van der Waals surface area contributed by atoms with E-state index in [0.29, 0.717) is 17.0 Å². The van der Waals surface area contributed by atoms with E-state index in [9.17, 15) is 14.4 Å². The predicted octanol–water partition coefficient (Wildman–Crippen LogP) is 3.00. The summed E-state index contributed by atoms with van der Waals surface area (Å²) in [4.78, 5) is 39.6. The van der Waals surface area contributed by atoms with E-state index in [1.807, 2.05) is 13.8 Å². The van der Waals surface area contributed by atoms with Crippen molar-refractivity contribution in [1.82, 2.24) is 10.2 Å². The summed E-state index contributed by atoms with van der Waals surface area (Å²) < 4.78 is 0. The van der Waals surface area contributed by atoms with Gasteiger partial charge in [-0.2, -0.15) is 0 Å². The highest BCUT2D eigenvalue weighted by molar-refractivity contribution is 6.22. The zero-order valence-corrected chi connectivity index (χ0v) is 15.1. The van der Waals surface area contributed by atoms with E-state index >= 15 is 0 Å². The van der Waals surface area contributed by atoms with Crippen LogP contribution < -0.4 is 5.32 Å². The van der Waals surface area contributed by atoms with Crippen LogP contribution in [0.5, 0.6) is 0 Å². The molecule has 1 heterocycles. The molecule has 1 aromatic rings. The minimum absolute atomic E-state index is 0.123. The van der Waals surface area contributed by atoms with E-state index in [4.69, 9.17) is 0 Å². The van der Waals surface area contributed by atoms with Crippen LogP contribution in [0.4, 0.5) is 0 Å². The molecule has 3 atom stereocenters. The summed E-state index contributed by atoms with van der Waals surface area (Å²) in [5.41, 5.74) is 0.772. The molecule has 3 amide bonds. The van der Waals surface area contributed by atoms with Crippen LogP contribution in [-0.4, -0.2) is 34.7 Å². The maximum absolute atomic E-state index is 13.0. The van der Waals surface area contributed by atoms with Gasteiger partial charge >= 0.3 is 0 Å². The standard InChI is InChI=1S/C20H26N2O3/c1-12(2)17(18(23)21-16-11-7-4-8-13(16)3)22-19(24)14-9-5-6-10-15(14)20(22)25/h5-6,9-10,12-13,16-17H,4,7-8,11H2,1-3H3,(H,21,23). The molecule has 1 N–H and O–H groups in total. The molecule has 0 aromatic heterocycles. The van der Waals surface area contributed by atoms with Gasteiger partial charge in [0.15, 0.2) is 0 Å². The lowest BCUT2D eigenvalue weighted by molar-refractivity contribution is -0.127. The number of imide groups is 1. The minimum atomic E-state index is -0.776. The van der Waals surface area contributed by atoms with Gasteiger partial charge in [-0.05, 0) is 36.8 Å². The number of rotatable bonds is 4. The number of fused-ring (bicyclic) bond motifs is 1. The second-order valence-electron chi connectivity index (χ2n) is 7.59. The van der Waals surface area contributed by atoms with Crippen molar-refractivity contribution in [2.24, 2.45) is 11.8 Å². The van der Waals surface area contributed by atoms with E-state index in [1.165, 1.54) is 6.42 Å². The molecule has 1 aliphatic heterocycles. The van der Waals surface area contributed by atoms with Crippen molar-refractivity contribution in [2.45, 2.75) is 58.5 Å². The minimum Gasteiger partial charge on any atom is -0.351 e. The predicted molar refractivity (Wildman–Crippen MR) is 95.1 cm³/mol. The molecule has 0 bridgehead atoms. The first-order valence-corrected chi connectivity index (χ1v) is 9.19. The smallest absolute Gasteiger partial charge is 0.262 e. The van der Waals surface area contributed by atoms with E-state index < -0.39 is 6.04 Å². The molecule has 0 saturated heterocycles. The second kappa shape index (κ2) is 6.98. The number of nitrogens with zero attached hydrogens (tertiary/aromatic N) is 1. The number of amides is 3. The van der Waals surface area contributed by atoms with Gasteiger partial charge in [-0.25, -0.2) is 0 Å². The summed E-state index contributed by atoms with van der Waals surface area (Å²) in [6, 6.07) is 6.12. The fourth-order valence-corrected chi connectivity index (χ4v) is 3.98. The number of nitrogens with one attached hydrogen (secondary N) is 1. The van der Waals surface area contributed by atoms with Gasteiger partial charge < -0.3 is 5.32 Å². The Morgan fingerprint density at radius 2 is 1.64 bits per heavy atom. The van der Waals surface area contributed by atoms with Crippen LogP contribution in [0.2, 0.25) is 0 Å². The molecule has 1 aliphatic carbocycles. The zero-order valence-electron chi connectivity index (χ0n) is 15.1. The van der Waals surface area contributed by atoms with Gasteiger partial charge in [-0.15, -0.1) is 0 Å². The quantitative estimate of drug-likeness (QED) is 0.856. The third kappa shape index (κ3) is 3.20.